The molecule has 0 aliphatic rings. The number of rotatable bonds is 7. The first-order valence-electron chi connectivity index (χ1n) is 5.96. The van der Waals surface area contributed by atoms with Crippen LogP contribution in [0.4, 0.5) is 5.69 Å². The summed E-state index contributed by atoms with van der Waals surface area (Å²) in [5.74, 6) is -0.540. The maximum Gasteiger partial charge on any atom is 0.287 e. The number of carbonyl (C=O) groups is 1. The van der Waals surface area contributed by atoms with Gasteiger partial charge in [0.1, 0.15) is 5.02 Å². The molecule has 2 N–H and O–H groups in total. The fourth-order valence-electron chi connectivity index (χ4n) is 1.38. The third-order valence-electron chi connectivity index (χ3n) is 2.52. The van der Waals surface area contributed by atoms with Crippen molar-refractivity contribution < 1.29 is 18.1 Å². The molecule has 8 nitrogen and oxygen atoms in total. The van der Waals surface area contributed by atoms with Crippen molar-refractivity contribution in [3.05, 3.63) is 38.9 Å². The van der Waals surface area contributed by atoms with E-state index in [0.29, 0.717) is 0 Å². The Bertz CT molecular complexity index is 647. The molecule has 0 spiro atoms. The van der Waals surface area contributed by atoms with Gasteiger partial charge in [-0.25, -0.2) is 13.1 Å². The first-order valence-corrected chi connectivity index (χ1v) is 7.99. The van der Waals surface area contributed by atoms with E-state index in [1.807, 2.05) is 0 Å². The van der Waals surface area contributed by atoms with Crippen molar-refractivity contribution in [1.29, 1.82) is 0 Å². The fraction of sp³-hybridized carbons (Fsp3) is 0.364. The molecule has 0 radical (unpaired) electrons. The monoisotopic (exact) mass is 335 g/mol. The summed E-state index contributed by atoms with van der Waals surface area (Å²) in [5, 5.41) is 12.9. The van der Waals surface area contributed by atoms with E-state index in [9.17, 15) is 23.3 Å². The Hall–Kier alpha value is -1.71. The molecule has 1 aromatic carbocycles. The van der Waals surface area contributed by atoms with Crippen LogP contribution in [0, 0.1) is 10.1 Å². The van der Waals surface area contributed by atoms with Gasteiger partial charge in [0.2, 0.25) is 10.0 Å². The molecular weight excluding hydrogens is 322 g/mol. The maximum absolute atomic E-state index is 11.8. The number of halogens is 1. The number of sulfonamides is 1. The summed E-state index contributed by atoms with van der Waals surface area (Å²) < 4.78 is 24.6. The molecule has 0 unspecified atom stereocenters. The molecule has 0 aliphatic carbocycles. The predicted octanol–water partition coefficient (Wildman–Crippen LogP) is 0.917. The normalized spacial score (nSPS) is 11.1. The topological polar surface area (TPSA) is 118 Å². The van der Waals surface area contributed by atoms with Gasteiger partial charge < -0.3 is 5.32 Å². The van der Waals surface area contributed by atoms with Gasteiger partial charge in [0, 0.05) is 24.7 Å². The third-order valence-corrected chi connectivity index (χ3v) is 4.23. The second-order valence-electron chi connectivity index (χ2n) is 3.98. The van der Waals surface area contributed by atoms with Gasteiger partial charge in [0.05, 0.1) is 10.7 Å². The molecule has 0 aromatic heterocycles. The molecule has 0 heterocycles. The SMILES string of the molecule is CCS(=O)(=O)NCCNC(=O)c1ccc([N+](=O)[O-])c(Cl)c1. The molecule has 1 amide bonds. The Kier molecular flexibility index (Phi) is 6.06. The van der Waals surface area contributed by atoms with Crippen LogP contribution >= 0.6 is 11.6 Å². The van der Waals surface area contributed by atoms with Crippen LogP contribution in [0.1, 0.15) is 17.3 Å². The fourth-order valence-corrected chi connectivity index (χ4v) is 2.25. The van der Waals surface area contributed by atoms with E-state index in [1.54, 1.807) is 0 Å². The Balaban J connectivity index is 2.57. The van der Waals surface area contributed by atoms with Crippen LogP contribution in [0.2, 0.25) is 5.02 Å². The van der Waals surface area contributed by atoms with Crippen molar-refractivity contribution in [3.8, 4) is 0 Å². The van der Waals surface area contributed by atoms with Crippen LogP contribution in [0.3, 0.4) is 0 Å². The number of nitro benzene ring substituents is 1. The number of carbonyl (C=O) groups excluding carboxylic acids is 1. The highest BCUT2D eigenvalue weighted by Crippen LogP contribution is 2.24. The molecule has 0 saturated heterocycles. The highest BCUT2D eigenvalue weighted by Gasteiger charge is 2.15. The van der Waals surface area contributed by atoms with Crippen LogP contribution in [0.15, 0.2) is 18.2 Å². The minimum absolute atomic E-state index is 0.0428. The van der Waals surface area contributed by atoms with E-state index < -0.39 is 20.9 Å². The molecule has 0 fully saturated rings. The Morgan fingerprint density at radius 1 is 1.38 bits per heavy atom. The summed E-state index contributed by atoms with van der Waals surface area (Å²) in [6, 6.07) is 3.60. The summed E-state index contributed by atoms with van der Waals surface area (Å²) in [6.07, 6.45) is 0. The van der Waals surface area contributed by atoms with Crippen LogP contribution in [-0.2, 0) is 10.0 Å². The second-order valence-corrected chi connectivity index (χ2v) is 6.48. The molecule has 0 atom stereocenters. The molecule has 116 valence electrons. The van der Waals surface area contributed by atoms with Gasteiger partial charge in [-0.3, -0.25) is 14.9 Å². The lowest BCUT2D eigenvalue weighted by Crippen LogP contribution is -2.35. The van der Waals surface area contributed by atoms with Crippen molar-refractivity contribution >= 4 is 33.2 Å². The van der Waals surface area contributed by atoms with E-state index in [4.69, 9.17) is 11.6 Å². The molecule has 10 heteroatoms. The van der Waals surface area contributed by atoms with E-state index in [-0.39, 0.29) is 35.1 Å². The van der Waals surface area contributed by atoms with Crippen molar-refractivity contribution in [3.63, 3.8) is 0 Å². The summed E-state index contributed by atoms with van der Waals surface area (Å²) in [5.41, 5.74) is -0.132. The number of nitro groups is 1. The average Bonchev–Trinajstić information content (AvgIpc) is 2.42. The lowest BCUT2D eigenvalue weighted by molar-refractivity contribution is -0.384. The standard InChI is InChI=1S/C11H14ClN3O5S/c1-2-21(19,20)14-6-5-13-11(16)8-3-4-10(15(17)18)9(12)7-8/h3-4,7,14H,2,5-6H2,1H3,(H,13,16). The van der Waals surface area contributed by atoms with Gasteiger partial charge >= 0.3 is 0 Å². The van der Waals surface area contributed by atoms with E-state index in [2.05, 4.69) is 10.0 Å². The summed E-state index contributed by atoms with van der Waals surface area (Å²) in [7, 11) is -3.30. The van der Waals surface area contributed by atoms with Gasteiger partial charge in [-0.1, -0.05) is 11.6 Å². The minimum atomic E-state index is -3.30. The second kappa shape index (κ2) is 7.34. The Morgan fingerprint density at radius 2 is 2.05 bits per heavy atom. The summed E-state index contributed by atoms with van der Waals surface area (Å²) in [6.45, 7) is 1.65. The van der Waals surface area contributed by atoms with Crippen LogP contribution in [-0.4, -0.2) is 38.1 Å². The zero-order chi connectivity index (χ0) is 16.0. The molecule has 1 rings (SSSR count). The first kappa shape index (κ1) is 17.3. The predicted molar refractivity (Wildman–Crippen MR) is 77.9 cm³/mol. The first-order chi connectivity index (χ1) is 9.76. The van der Waals surface area contributed by atoms with Crippen LogP contribution < -0.4 is 10.0 Å². The van der Waals surface area contributed by atoms with Crippen molar-refractivity contribution in [2.75, 3.05) is 18.8 Å². The maximum atomic E-state index is 11.8. The van der Waals surface area contributed by atoms with Crippen LogP contribution in [0.5, 0.6) is 0 Å². The van der Waals surface area contributed by atoms with Gasteiger partial charge in [0.15, 0.2) is 0 Å². The lowest BCUT2D eigenvalue weighted by Gasteiger charge is -2.07. The number of nitrogens with one attached hydrogen (secondary N) is 2. The highest BCUT2D eigenvalue weighted by atomic mass is 35.5. The van der Waals surface area contributed by atoms with Gasteiger partial charge in [-0.2, -0.15) is 0 Å². The average molecular weight is 336 g/mol. The molecule has 0 bridgehead atoms. The van der Waals surface area contributed by atoms with Gasteiger partial charge in [-0.15, -0.1) is 0 Å². The summed E-state index contributed by atoms with van der Waals surface area (Å²) >= 11 is 5.70. The van der Waals surface area contributed by atoms with Crippen molar-refractivity contribution in [2.45, 2.75) is 6.92 Å². The third kappa shape index (κ3) is 5.29. The number of amides is 1. The minimum Gasteiger partial charge on any atom is -0.351 e. The van der Waals surface area contributed by atoms with Gasteiger partial charge in [-0.05, 0) is 19.1 Å². The smallest absolute Gasteiger partial charge is 0.287 e. The number of benzene rings is 1. The Morgan fingerprint density at radius 3 is 2.57 bits per heavy atom. The molecule has 0 aliphatic heterocycles. The van der Waals surface area contributed by atoms with Crippen molar-refractivity contribution in [2.24, 2.45) is 0 Å². The van der Waals surface area contributed by atoms with E-state index >= 15 is 0 Å². The number of hydrogen-bond donors (Lipinski definition) is 2. The molecule has 21 heavy (non-hydrogen) atoms. The molecule has 0 saturated carbocycles. The van der Waals surface area contributed by atoms with E-state index in [0.717, 1.165) is 6.07 Å². The zero-order valence-electron chi connectivity index (χ0n) is 11.1. The Labute approximate surface area is 126 Å². The zero-order valence-corrected chi connectivity index (χ0v) is 12.7. The summed E-state index contributed by atoms with van der Waals surface area (Å²) in [4.78, 5) is 21.7. The molecular formula is C11H14ClN3O5S. The van der Waals surface area contributed by atoms with Gasteiger partial charge in [0.25, 0.3) is 11.6 Å². The van der Waals surface area contributed by atoms with E-state index in [1.165, 1.54) is 19.1 Å². The van der Waals surface area contributed by atoms with Crippen molar-refractivity contribution in [1.82, 2.24) is 10.0 Å². The lowest BCUT2D eigenvalue weighted by atomic mass is 10.2. The number of nitrogens with zero attached hydrogens (tertiary/aromatic N) is 1. The quantitative estimate of drug-likeness (QED) is 0.436. The number of hydrogen-bond acceptors (Lipinski definition) is 5. The highest BCUT2D eigenvalue weighted by molar-refractivity contribution is 7.89. The largest absolute Gasteiger partial charge is 0.351 e. The molecule has 1 aromatic rings. The van der Waals surface area contributed by atoms with Crippen LogP contribution in [0.25, 0.3) is 0 Å².